The van der Waals surface area contributed by atoms with Gasteiger partial charge in [0.2, 0.25) is 0 Å². The van der Waals surface area contributed by atoms with Crippen LogP contribution in [-0.4, -0.2) is 40.4 Å². The minimum Gasteiger partial charge on any atom is -0.383 e. The maximum Gasteiger partial charge on any atom is 0.433 e. The number of halogens is 6. The summed E-state index contributed by atoms with van der Waals surface area (Å²) in [4.78, 5) is 5.24. The molecule has 1 aromatic carbocycles. The number of nitriles is 1. The monoisotopic (exact) mass is 485 g/mol. The van der Waals surface area contributed by atoms with Crippen molar-refractivity contribution in [2.45, 2.75) is 57.1 Å². The van der Waals surface area contributed by atoms with Gasteiger partial charge in [-0.15, -0.1) is 0 Å². The van der Waals surface area contributed by atoms with Gasteiger partial charge in [-0.1, -0.05) is 18.2 Å². The van der Waals surface area contributed by atoms with Crippen LogP contribution < -0.4 is 0 Å². The Morgan fingerprint density at radius 3 is 2.24 bits per heavy atom. The van der Waals surface area contributed by atoms with Crippen LogP contribution in [0.5, 0.6) is 0 Å². The lowest BCUT2D eigenvalue weighted by Gasteiger charge is -2.40. The zero-order valence-electron chi connectivity index (χ0n) is 18.7. The highest BCUT2D eigenvalue weighted by Crippen LogP contribution is 2.47. The predicted octanol–water partition coefficient (Wildman–Crippen LogP) is 5.46. The van der Waals surface area contributed by atoms with E-state index in [1.165, 1.54) is 6.07 Å². The number of pyridine rings is 1. The predicted molar refractivity (Wildman–Crippen MR) is 112 cm³/mol. The summed E-state index contributed by atoms with van der Waals surface area (Å²) in [5.74, 6) is 0. The van der Waals surface area contributed by atoms with Crippen LogP contribution in [0.3, 0.4) is 0 Å². The molecule has 0 saturated carbocycles. The number of nitrogens with zero attached hydrogens (tertiary/aromatic N) is 3. The number of aromatic nitrogens is 1. The Hall–Kier alpha value is -2.64. The maximum atomic E-state index is 13.7. The van der Waals surface area contributed by atoms with E-state index in [0.717, 1.165) is 17.8 Å². The fourth-order valence-electron chi connectivity index (χ4n) is 4.53. The summed E-state index contributed by atoms with van der Waals surface area (Å²) < 4.78 is 79.5. The van der Waals surface area contributed by atoms with E-state index in [1.54, 1.807) is 43.0 Å². The van der Waals surface area contributed by atoms with Crippen LogP contribution in [0.2, 0.25) is 0 Å². The molecule has 2 atom stereocenters. The third-order valence-electron chi connectivity index (χ3n) is 6.82. The van der Waals surface area contributed by atoms with Gasteiger partial charge in [-0.3, -0.25) is 9.88 Å². The summed E-state index contributed by atoms with van der Waals surface area (Å²) >= 11 is 0. The van der Waals surface area contributed by atoms with Crippen molar-refractivity contribution in [3.05, 3.63) is 65.0 Å². The van der Waals surface area contributed by atoms with Crippen LogP contribution in [0.4, 0.5) is 26.3 Å². The summed E-state index contributed by atoms with van der Waals surface area (Å²) in [6.45, 7) is 3.58. The smallest absolute Gasteiger partial charge is 0.383 e. The van der Waals surface area contributed by atoms with Crippen LogP contribution in [0, 0.1) is 16.7 Å². The second-order valence-corrected chi connectivity index (χ2v) is 9.28. The molecular weight excluding hydrogens is 460 g/mol. The molecule has 0 unspecified atom stereocenters. The minimum atomic E-state index is -4.82. The lowest BCUT2D eigenvalue weighted by Crippen LogP contribution is -2.49. The lowest BCUT2D eigenvalue weighted by atomic mass is 9.75. The third-order valence-corrected chi connectivity index (χ3v) is 6.82. The highest BCUT2D eigenvalue weighted by atomic mass is 19.4. The number of aryl methyl sites for hydroxylation is 1. The van der Waals surface area contributed by atoms with E-state index in [4.69, 9.17) is 5.26 Å². The second kappa shape index (κ2) is 9.19. The van der Waals surface area contributed by atoms with Crippen molar-refractivity contribution >= 4 is 0 Å². The fourth-order valence-corrected chi connectivity index (χ4v) is 4.53. The van der Waals surface area contributed by atoms with Gasteiger partial charge in [0, 0.05) is 23.7 Å². The molecule has 2 heterocycles. The van der Waals surface area contributed by atoms with Crippen molar-refractivity contribution in [3.8, 4) is 6.07 Å². The molecule has 34 heavy (non-hydrogen) atoms. The number of hydrogen-bond acceptors (Lipinski definition) is 4. The molecule has 1 aromatic heterocycles. The largest absolute Gasteiger partial charge is 0.433 e. The van der Waals surface area contributed by atoms with Crippen molar-refractivity contribution in [2.75, 3.05) is 13.1 Å². The Kier molecular flexibility index (Phi) is 7.02. The van der Waals surface area contributed by atoms with E-state index in [2.05, 4.69) is 4.98 Å². The highest BCUT2D eigenvalue weighted by molar-refractivity contribution is 5.32. The van der Waals surface area contributed by atoms with Crippen molar-refractivity contribution in [1.82, 2.24) is 9.88 Å². The molecule has 0 aliphatic carbocycles. The number of aliphatic hydroxyl groups excluding tert-OH is 1. The first-order valence-corrected chi connectivity index (χ1v) is 10.7. The summed E-state index contributed by atoms with van der Waals surface area (Å²) in [6.07, 6.45) is -10.5. The van der Waals surface area contributed by atoms with Gasteiger partial charge >= 0.3 is 12.4 Å². The summed E-state index contributed by atoms with van der Waals surface area (Å²) in [7, 11) is 0. The molecule has 1 aliphatic rings. The molecule has 0 radical (unpaired) electrons. The number of aliphatic hydroxyl groups is 1. The first kappa shape index (κ1) is 26.0. The summed E-state index contributed by atoms with van der Waals surface area (Å²) in [5, 5.41) is 19.3. The molecule has 4 nitrogen and oxygen atoms in total. The van der Waals surface area contributed by atoms with E-state index in [-0.39, 0.29) is 32.4 Å². The van der Waals surface area contributed by atoms with Gasteiger partial charge in [0.15, 0.2) is 6.10 Å². The van der Waals surface area contributed by atoms with Crippen molar-refractivity contribution < 1.29 is 31.4 Å². The minimum absolute atomic E-state index is 0.0530. The number of benzene rings is 1. The first-order valence-electron chi connectivity index (χ1n) is 10.7. The number of rotatable bonds is 6. The van der Waals surface area contributed by atoms with Crippen LogP contribution in [0.25, 0.3) is 0 Å². The van der Waals surface area contributed by atoms with Gasteiger partial charge in [-0.25, -0.2) is 0 Å². The molecule has 0 spiro atoms. The Balaban J connectivity index is 1.84. The van der Waals surface area contributed by atoms with Gasteiger partial charge < -0.3 is 5.11 Å². The normalized spacial score (nSPS) is 20.8. The van der Waals surface area contributed by atoms with Crippen LogP contribution in [0.15, 0.2) is 42.6 Å². The van der Waals surface area contributed by atoms with Gasteiger partial charge in [-0.2, -0.15) is 31.6 Å². The van der Waals surface area contributed by atoms with E-state index < -0.39 is 35.1 Å². The van der Waals surface area contributed by atoms with Crippen LogP contribution in [0.1, 0.15) is 49.1 Å². The summed E-state index contributed by atoms with van der Waals surface area (Å²) in [5.41, 5.74) is -1.81. The molecule has 3 rings (SSSR count). The molecule has 1 saturated heterocycles. The summed E-state index contributed by atoms with van der Waals surface area (Å²) in [6, 6.07) is 10.7. The van der Waals surface area contributed by atoms with Crippen LogP contribution >= 0.6 is 0 Å². The Morgan fingerprint density at radius 2 is 1.74 bits per heavy atom. The average molecular weight is 485 g/mol. The fraction of sp³-hybridized carbons (Fsp3) is 0.500. The standard InChI is InChI=1S/C24H25F6N3O/c1-21(2,18-7-8-19(32-14-18)23(25,26)27)33-12-11-22(15-33,20(34)24(28,29)30)10-9-16-3-5-17(13-31)6-4-16/h3-8,14,20,34H,9-12,15H2,1-2H3/t20-,22-/m1/s1. The Morgan fingerprint density at radius 1 is 1.09 bits per heavy atom. The molecule has 184 valence electrons. The quantitative estimate of drug-likeness (QED) is 0.553. The first-order chi connectivity index (χ1) is 15.7. The Labute approximate surface area is 193 Å². The molecule has 0 amide bonds. The van der Waals surface area contributed by atoms with E-state index in [1.807, 2.05) is 6.07 Å². The Bertz CT molecular complexity index is 1030. The zero-order valence-corrected chi connectivity index (χ0v) is 18.7. The maximum absolute atomic E-state index is 13.7. The second-order valence-electron chi connectivity index (χ2n) is 9.28. The van der Waals surface area contributed by atoms with Crippen LogP contribution in [-0.2, 0) is 18.1 Å². The topological polar surface area (TPSA) is 60.2 Å². The third kappa shape index (κ3) is 5.36. The lowest BCUT2D eigenvalue weighted by molar-refractivity contribution is -0.239. The number of alkyl halides is 6. The molecule has 1 aliphatic heterocycles. The molecule has 1 fully saturated rings. The number of hydrogen-bond donors (Lipinski definition) is 1. The van der Waals surface area contributed by atoms with Gasteiger partial charge in [0.1, 0.15) is 5.69 Å². The van der Waals surface area contributed by atoms with E-state index in [9.17, 15) is 31.4 Å². The van der Waals surface area contributed by atoms with Crippen molar-refractivity contribution in [1.29, 1.82) is 5.26 Å². The molecule has 0 bridgehead atoms. The highest BCUT2D eigenvalue weighted by Gasteiger charge is 2.56. The zero-order chi connectivity index (χ0) is 25.4. The SMILES string of the molecule is CC(C)(c1ccc(C(F)(F)F)nc1)N1CC[C@@](CCc2ccc(C#N)cc2)([C@@H](O)C(F)(F)F)C1. The van der Waals surface area contributed by atoms with E-state index in [0.29, 0.717) is 11.1 Å². The average Bonchev–Trinajstić information content (AvgIpc) is 3.23. The van der Waals surface area contributed by atoms with Gasteiger partial charge in [0.25, 0.3) is 0 Å². The molecule has 10 heteroatoms. The van der Waals surface area contributed by atoms with Gasteiger partial charge in [0.05, 0.1) is 11.6 Å². The molecule has 1 N–H and O–H groups in total. The van der Waals surface area contributed by atoms with Crippen molar-refractivity contribution in [3.63, 3.8) is 0 Å². The van der Waals surface area contributed by atoms with Gasteiger partial charge in [-0.05, 0) is 69.0 Å². The molecular formula is C24H25F6N3O. The number of likely N-dealkylation sites (tertiary alicyclic amines) is 1. The van der Waals surface area contributed by atoms with E-state index >= 15 is 0 Å². The molecule has 2 aromatic rings. The van der Waals surface area contributed by atoms with Crippen molar-refractivity contribution in [2.24, 2.45) is 5.41 Å².